The van der Waals surface area contributed by atoms with Gasteiger partial charge >= 0.3 is 0 Å². The second-order valence-corrected chi connectivity index (χ2v) is 5.02. The van der Waals surface area contributed by atoms with Crippen molar-refractivity contribution in [2.75, 3.05) is 6.54 Å². The lowest BCUT2D eigenvalue weighted by Crippen LogP contribution is -2.68. The maximum absolute atomic E-state index is 12.2. The fourth-order valence-electron chi connectivity index (χ4n) is 2.24. The van der Waals surface area contributed by atoms with Crippen molar-refractivity contribution in [1.29, 1.82) is 0 Å². The molecule has 1 N–H and O–H groups in total. The monoisotopic (exact) mass is 240 g/mol. The van der Waals surface area contributed by atoms with E-state index in [1.54, 1.807) is 11.8 Å². The first-order valence-electron chi connectivity index (χ1n) is 6.59. The Morgan fingerprint density at radius 3 is 2.47 bits per heavy atom. The van der Waals surface area contributed by atoms with Crippen molar-refractivity contribution in [2.45, 2.75) is 65.0 Å². The molecule has 1 aliphatic heterocycles. The molecule has 0 aromatic rings. The zero-order valence-electron chi connectivity index (χ0n) is 11.4. The van der Waals surface area contributed by atoms with Crippen LogP contribution in [0.25, 0.3) is 0 Å². The van der Waals surface area contributed by atoms with Crippen molar-refractivity contribution < 1.29 is 9.59 Å². The van der Waals surface area contributed by atoms with Gasteiger partial charge in [-0.3, -0.25) is 9.59 Å². The topological polar surface area (TPSA) is 49.4 Å². The molecule has 2 amide bonds. The number of carbonyl (C=O) groups is 2. The molecule has 0 spiro atoms. The molecule has 4 heteroatoms. The normalized spacial score (nSPS) is 29.4. The first kappa shape index (κ1) is 14.0. The number of nitrogens with one attached hydrogen (secondary N) is 1. The van der Waals surface area contributed by atoms with Gasteiger partial charge in [-0.05, 0) is 26.7 Å². The summed E-state index contributed by atoms with van der Waals surface area (Å²) in [6, 6.07) is -0.385. The van der Waals surface area contributed by atoms with E-state index in [4.69, 9.17) is 0 Å². The quantitative estimate of drug-likeness (QED) is 0.743. The molecular formula is C13H24N2O2. The molecule has 0 aliphatic carbocycles. The van der Waals surface area contributed by atoms with Gasteiger partial charge in [-0.15, -0.1) is 0 Å². The summed E-state index contributed by atoms with van der Waals surface area (Å²) in [6.07, 6.45) is 3.84. The summed E-state index contributed by atoms with van der Waals surface area (Å²) in [6.45, 7) is 8.39. The molecule has 1 aliphatic rings. The molecule has 4 nitrogen and oxygen atoms in total. The number of carbonyl (C=O) groups excluding carboxylic acids is 2. The average molecular weight is 240 g/mol. The maximum Gasteiger partial charge on any atom is 0.246 e. The molecule has 2 atom stereocenters. The van der Waals surface area contributed by atoms with E-state index in [2.05, 4.69) is 12.2 Å². The summed E-state index contributed by atoms with van der Waals surface area (Å²) in [7, 11) is 0. The van der Waals surface area contributed by atoms with E-state index in [1.165, 1.54) is 0 Å². The van der Waals surface area contributed by atoms with Crippen molar-refractivity contribution >= 4 is 11.8 Å². The van der Waals surface area contributed by atoms with E-state index in [-0.39, 0.29) is 17.9 Å². The summed E-state index contributed by atoms with van der Waals surface area (Å²) in [5, 5.41) is 2.76. The third-order valence-electron chi connectivity index (χ3n) is 3.74. The Bertz CT molecular complexity index is 304. The predicted molar refractivity (Wildman–Crippen MR) is 67.5 cm³/mol. The van der Waals surface area contributed by atoms with Crippen LogP contribution < -0.4 is 5.32 Å². The fourth-order valence-corrected chi connectivity index (χ4v) is 2.24. The zero-order valence-corrected chi connectivity index (χ0v) is 11.4. The van der Waals surface area contributed by atoms with E-state index < -0.39 is 5.54 Å². The highest BCUT2D eigenvalue weighted by Crippen LogP contribution is 2.25. The molecule has 1 fully saturated rings. The summed E-state index contributed by atoms with van der Waals surface area (Å²) < 4.78 is 0. The van der Waals surface area contributed by atoms with Crippen LogP contribution in [0.15, 0.2) is 0 Å². The van der Waals surface area contributed by atoms with Crippen LogP contribution >= 0.6 is 0 Å². The number of unbranched alkanes of at least 4 members (excludes halogenated alkanes) is 2. The van der Waals surface area contributed by atoms with E-state index >= 15 is 0 Å². The molecular weight excluding hydrogens is 216 g/mol. The Hall–Kier alpha value is -1.06. The Morgan fingerprint density at radius 2 is 1.94 bits per heavy atom. The highest BCUT2D eigenvalue weighted by Gasteiger charge is 2.46. The number of hydrogen-bond acceptors (Lipinski definition) is 2. The number of hydrogen-bond donors (Lipinski definition) is 1. The maximum atomic E-state index is 12.2. The molecule has 0 saturated carbocycles. The largest absolute Gasteiger partial charge is 0.343 e. The molecule has 0 aromatic carbocycles. The van der Waals surface area contributed by atoms with Crippen LogP contribution in [-0.4, -0.2) is 34.8 Å². The first-order chi connectivity index (χ1) is 7.97. The molecule has 1 saturated heterocycles. The van der Waals surface area contributed by atoms with Gasteiger partial charge in [0.25, 0.3) is 0 Å². The molecule has 0 radical (unpaired) electrons. The van der Waals surface area contributed by atoms with Crippen LogP contribution in [0.1, 0.15) is 53.4 Å². The van der Waals surface area contributed by atoms with Gasteiger partial charge in [0.1, 0.15) is 11.6 Å². The number of piperazine rings is 1. The van der Waals surface area contributed by atoms with Crippen LogP contribution in [0.5, 0.6) is 0 Å². The van der Waals surface area contributed by atoms with Crippen molar-refractivity contribution in [3.05, 3.63) is 0 Å². The van der Waals surface area contributed by atoms with Crippen LogP contribution in [0.3, 0.4) is 0 Å². The highest BCUT2D eigenvalue weighted by molar-refractivity contribution is 5.99. The lowest BCUT2D eigenvalue weighted by molar-refractivity contribution is -0.156. The van der Waals surface area contributed by atoms with Crippen LogP contribution in [-0.2, 0) is 9.59 Å². The second kappa shape index (κ2) is 5.52. The van der Waals surface area contributed by atoms with Crippen molar-refractivity contribution in [1.82, 2.24) is 10.2 Å². The van der Waals surface area contributed by atoms with Crippen molar-refractivity contribution in [3.8, 4) is 0 Å². The smallest absolute Gasteiger partial charge is 0.246 e. The van der Waals surface area contributed by atoms with Gasteiger partial charge in [-0.2, -0.15) is 0 Å². The third-order valence-corrected chi connectivity index (χ3v) is 3.74. The van der Waals surface area contributed by atoms with E-state index in [0.717, 1.165) is 19.3 Å². The summed E-state index contributed by atoms with van der Waals surface area (Å²) >= 11 is 0. The Balaban J connectivity index is 2.83. The molecule has 1 rings (SSSR count). The minimum Gasteiger partial charge on any atom is -0.343 e. The van der Waals surface area contributed by atoms with Crippen LogP contribution in [0, 0.1) is 0 Å². The first-order valence-corrected chi connectivity index (χ1v) is 6.59. The number of rotatable bonds is 5. The van der Waals surface area contributed by atoms with E-state index in [1.807, 2.05) is 13.8 Å². The summed E-state index contributed by atoms with van der Waals surface area (Å²) in [4.78, 5) is 26.0. The number of amides is 2. The SMILES string of the molecule is CCCCCN1C(=O)C(C)NC(=O)C1(C)CC. The second-order valence-electron chi connectivity index (χ2n) is 5.02. The van der Waals surface area contributed by atoms with Crippen LogP contribution in [0.4, 0.5) is 0 Å². The summed E-state index contributed by atoms with van der Waals surface area (Å²) in [5.74, 6) is 0.0219. The predicted octanol–water partition coefficient (Wildman–Crippen LogP) is 1.69. The summed E-state index contributed by atoms with van der Waals surface area (Å²) in [5.41, 5.74) is -0.669. The van der Waals surface area contributed by atoms with Crippen molar-refractivity contribution in [3.63, 3.8) is 0 Å². The fraction of sp³-hybridized carbons (Fsp3) is 0.846. The van der Waals surface area contributed by atoms with Gasteiger partial charge < -0.3 is 10.2 Å². The Labute approximate surface area is 104 Å². The highest BCUT2D eigenvalue weighted by atomic mass is 16.2. The minimum atomic E-state index is -0.669. The van der Waals surface area contributed by atoms with E-state index in [9.17, 15) is 9.59 Å². The molecule has 17 heavy (non-hydrogen) atoms. The van der Waals surface area contributed by atoms with Crippen molar-refractivity contribution in [2.24, 2.45) is 0 Å². The molecule has 0 aromatic heterocycles. The lowest BCUT2D eigenvalue weighted by Gasteiger charge is -2.45. The number of nitrogens with zero attached hydrogens (tertiary/aromatic N) is 1. The van der Waals surface area contributed by atoms with Gasteiger partial charge in [0.2, 0.25) is 11.8 Å². The average Bonchev–Trinajstić information content (AvgIpc) is 2.31. The van der Waals surface area contributed by atoms with Gasteiger partial charge in [0.05, 0.1) is 0 Å². The minimum absolute atomic E-state index is 0.0244. The Morgan fingerprint density at radius 1 is 1.29 bits per heavy atom. The van der Waals surface area contributed by atoms with Crippen LogP contribution in [0.2, 0.25) is 0 Å². The molecule has 2 unspecified atom stereocenters. The zero-order chi connectivity index (χ0) is 13.1. The standard InChI is InChI=1S/C13H24N2O2/c1-5-7-8-9-15-11(16)10(3)14-12(17)13(15,4)6-2/h10H,5-9H2,1-4H3,(H,14,17). The third kappa shape index (κ3) is 2.61. The van der Waals surface area contributed by atoms with Gasteiger partial charge in [-0.25, -0.2) is 0 Å². The van der Waals surface area contributed by atoms with Gasteiger partial charge in [-0.1, -0.05) is 26.7 Å². The Kier molecular flexibility index (Phi) is 4.54. The molecule has 1 heterocycles. The van der Waals surface area contributed by atoms with Gasteiger partial charge in [0, 0.05) is 6.54 Å². The van der Waals surface area contributed by atoms with Gasteiger partial charge in [0.15, 0.2) is 0 Å². The van der Waals surface area contributed by atoms with E-state index in [0.29, 0.717) is 13.0 Å². The lowest BCUT2D eigenvalue weighted by atomic mass is 9.90. The molecule has 98 valence electrons. The molecule has 0 bridgehead atoms.